The Kier molecular flexibility index (Phi) is 2.32. The summed E-state index contributed by atoms with van der Waals surface area (Å²) in [6.45, 7) is 0. The number of nitrogens with one attached hydrogen (secondary N) is 1. The van der Waals surface area contributed by atoms with Crippen molar-refractivity contribution in [3.8, 4) is 0 Å². The SMILES string of the molecule is NC1=NC(c2c(F)cccc2Cl)C(=O)N1. The molecule has 2 rings (SSSR count). The Morgan fingerprint density at radius 3 is 2.80 bits per heavy atom. The third-order valence-electron chi connectivity index (χ3n) is 2.04. The van der Waals surface area contributed by atoms with E-state index in [4.69, 9.17) is 17.3 Å². The van der Waals surface area contributed by atoms with Crippen LogP contribution in [0, 0.1) is 5.82 Å². The number of nitrogens with two attached hydrogens (primary N) is 1. The van der Waals surface area contributed by atoms with Crippen LogP contribution in [0.1, 0.15) is 11.6 Å². The van der Waals surface area contributed by atoms with Gasteiger partial charge in [0, 0.05) is 10.6 Å². The van der Waals surface area contributed by atoms with E-state index >= 15 is 0 Å². The third-order valence-corrected chi connectivity index (χ3v) is 2.37. The Morgan fingerprint density at radius 2 is 2.27 bits per heavy atom. The van der Waals surface area contributed by atoms with Gasteiger partial charge in [-0.25, -0.2) is 9.38 Å². The van der Waals surface area contributed by atoms with Crippen molar-refractivity contribution in [2.24, 2.45) is 10.7 Å². The summed E-state index contributed by atoms with van der Waals surface area (Å²) in [5.74, 6) is -1.06. The Morgan fingerprint density at radius 1 is 1.53 bits per heavy atom. The maximum atomic E-state index is 13.4. The molecule has 0 radical (unpaired) electrons. The van der Waals surface area contributed by atoms with Crippen LogP contribution in [0.4, 0.5) is 4.39 Å². The summed E-state index contributed by atoms with van der Waals surface area (Å²) in [6, 6.07) is 3.19. The lowest BCUT2D eigenvalue weighted by Gasteiger charge is -2.08. The van der Waals surface area contributed by atoms with Gasteiger partial charge >= 0.3 is 0 Å². The van der Waals surface area contributed by atoms with Crippen LogP contribution in [0.15, 0.2) is 23.2 Å². The van der Waals surface area contributed by atoms with Gasteiger partial charge in [0.05, 0.1) is 0 Å². The predicted octanol–water partition coefficient (Wildman–Crippen LogP) is 0.965. The molecule has 1 aliphatic rings. The molecule has 0 spiro atoms. The number of amides is 1. The van der Waals surface area contributed by atoms with Gasteiger partial charge in [0.2, 0.25) is 0 Å². The van der Waals surface area contributed by atoms with Crippen LogP contribution < -0.4 is 11.1 Å². The van der Waals surface area contributed by atoms with Crippen LogP contribution >= 0.6 is 11.6 Å². The van der Waals surface area contributed by atoms with Gasteiger partial charge in [0.15, 0.2) is 12.0 Å². The van der Waals surface area contributed by atoms with Crippen LogP contribution in [0.25, 0.3) is 0 Å². The number of aliphatic imine (C=N–C) groups is 1. The van der Waals surface area contributed by atoms with Crippen LogP contribution in [0.3, 0.4) is 0 Å². The van der Waals surface area contributed by atoms with Crippen molar-refractivity contribution in [2.75, 3.05) is 0 Å². The molecule has 6 heteroatoms. The fourth-order valence-corrected chi connectivity index (χ4v) is 1.66. The number of halogens is 2. The van der Waals surface area contributed by atoms with Crippen molar-refractivity contribution in [3.05, 3.63) is 34.6 Å². The summed E-state index contributed by atoms with van der Waals surface area (Å²) in [5, 5.41) is 2.44. The molecule has 1 atom stereocenters. The molecule has 1 amide bonds. The van der Waals surface area contributed by atoms with Gasteiger partial charge in [-0.3, -0.25) is 10.1 Å². The van der Waals surface area contributed by atoms with Gasteiger partial charge in [-0.1, -0.05) is 17.7 Å². The van der Waals surface area contributed by atoms with E-state index in [0.717, 1.165) is 0 Å². The molecular formula is C9H7ClFN3O. The van der Waals surface area contributed by atoms with E-state index in [-0.39, 0.29) is 16.5 Å². The number of guanidine groups is 1. The van der Waals surface area contributed by atoms with Crippen LogP contribution in [-0.2, 0) is 4.79 Å². The van der Waals surface area contributed by atoms with Gasteiger partial charge < -0.3 is 5.73 Å². The second-order valence-electron chi connectivity index (χ2n) is 3.04. The van der Waals surface area contributed by atoms with E-state index in [2.05, 4.69) is 10.3 Å². The highest BCUT2D eigenvalue weighted by molar-refractivity contribution is 6.31. The summed E-state index contributed by atoms with van der Waals surface area (Å²) >= 11 is 5.79. The van der Waals surface area contributed by atoms with Crippen molar-refractivity contribution < 1.29 is 9.18 Å². The van der Waals surface area contributed by atoms with E-state index in [1.807, 2.05) is 0 Å². The number of hydrogen-bond acceptors (Lipinski definition) is 3. The first-order chi connectivity index (χ1) is 7.09. The Hall–Kier alpha value is -1.62. The molecule has 0 bridgehead atoms. The number of carbonyl (C=O) groups excluding carboxylic acids is 1. The molecule has 1 unspecified atom stereocenters. The molecule has 1 aromatic rings. The average molecular weight is 228 g/mol. The van der Waals surface area contributed by atoms with Crippen molar-refractivity contribution in [3.63, 3.8) is 0 Å². The first kappa shape index (κ1) is 9.92. The highest BCUT2D eigenvalue weighted by atomic mass is 35.5. The number of nitrogens with zero attached hydrogens (tertiary/aromatic N) is 1. The number of carbonyl (C=O) groups is 1. The first-order valence-corrected chi connectivity index (χ1v) is 4.55. The smallest absolute Gasteiger partial charge is 0.256 e. The molecule has 1 aromatic carbocycles. The second kappa shape index (κ2) is 3.51. The molecule has 78 valence electrons. The van der Waals surface area contributed by atoms with Crippen LogP contribution in [0.5, 0.6) is 0 Å². The van der Waals surface area contributed by atoms with Crippen molar-refractivity contribution >= 4 is 23.5 Å². The van der Waals surface area contributed by atoms with E-state index in [0.29, 0.717) is 0 Å². The zero-order valence-corrected chi connectivity index (χ0v) is 8.25. The molecule has 0 saturated heterocycles. The molecule has 1 aliphatic heterocycles. The molecule has 15 heavy (non-hydrogen) atoms. The van der Waals surface area contributed by atoms with Gasteiger partial charge in [0.25, 0.3) is 5.91 Å². The molecule has 3 N–H and O–H groups in total. The normalized spacial score (nSPS) is 20.0. The minimum absolute atomic E-state index is 0.0238. The minimum atomic E-state index is -0.987. The molecule has 0 saturated carbocycles. The second-order valence-corrected chi connectivity index (χ2v) is 3.45. The van der Waals surface area contributed by atoms with Gasteiger partial charge in [-0.15, -0.1) is 0 Å². The predicted molar refractivity (Wildman–Crippen MR) is 53.9 cm³/mol. The van der Waals surface area contributed by atoms with Crippen molar-refractivity contribution in [1.29, 1.82) is 0 Å². The van der Waals surface area contributed by atoms with Crippen LogP contribution in [-0.4, -0.2) is 11.9 Å². The maximum Gasteiger partial charge on any atom is 0.256 e. The van der Waals surface area contributed by atoms with Crippen molar-refractivity contribution in [1.82, 2.24) is 5.32 Å². The summed E-state index contributed by atoms with van der Waals surface area (Å²) in [6.07, 6.45) is 0. The molecular weight excluding hydrogens is 221 g/mol. The Balaban J connectivity index is 2.50. The number of rotatable bonds is 1. The fourth-order valence-electron chi connectivity index (χ4n) is 1.39. The van der Waals surface area contributed by atoms with E-state index < -0.39 is 17.8 Å². The summed E-state index contributed by atoms with van der Waals surface area (Å²) in [5.41, 5.74) is 5.36. The number of benzene rings is 1. The monoisotopic (exact) mass is 227 g/mol. The van der Waals surface area contributed by atoms with Gasteiger partial charge in [-0.05, 0) is 12.1 Å². The van der Waals surface area contributed by atoms with E-state index in [1.54, 1.807) is 0 Å². The fraction of sp³-hybridized carbons (Fsp3) is 0.111. The molecule has 1 heterocycles. The quantitative estimate of drug-likeness (QED) is 0.751. The molecule has 4 nitrogen and oxygen atoms in total. The summed E-state index contributed by atoms with van der Waals surface area (Å²) in [7, 11) is 0. The molecule has 0 aliphatic carbocycles. The highest BCUT2D eigenvalue weighted by Crippen LogP contribution is 2.29. The van der Waals surface area contributed by atoms with Crippen LogP contribution in [0.2, 0.25) is 5.02 Å². The zero-order valence-electron chi connectivity index (χ0n) is 7.50. The lowest BCUT2D eigenvalue weighted by Crippen LogP contribution is -2.31. The lowest BCUT2D eigenvalue weighted by molar-refractivity contribution is -0.120. The maximum absolute atomic E-state index is 13.4. The van der Waals surface area contributed by atoms with E-state index in [9.17, 15) is 9.18 Å². The topological polar surface area (TPSA) is 67.5 Å². The highest BCUT2D eigenvalue weighted by Gasteiger charge is 2.30. The number of hydrogen-bond donors (Lipinski definition) is 2. The standard InChI is InChI=1S/C9H7ClFN3O/c10-4-2-1-3-5(11)6(4)7-8(15)14-9(12)13-7/h1-3,7H,(H3,12,13,14,15). The van der Waals surface area contributed by atoms with Gasteiger partial charge in [-0.2, -0.15) is 0 Å². The summed E-state index contributed by atoms with van der Waals surface area (Å²) in [4.78, 5) is 15.1. The molecule has 0 aromatic heterocycles. The Labute approximate surface area is 89.9 Å². The Bertz CT molecular complexity index is 440. The van der Waals surface area contributed by atoms with Crippen molar-refractivity contribution in [2.45, 2.75) is 6.04 Å². The van der Waals surface area contributed by atoms with Gasteiger partial charge in [0.1, 0.15) is 5.82 Å². The lowest BCUT2D eigenvalue weighted by atomic mass is 10.1. The average Bonchev–Trinajstić information content (AvgIpc) is 2.45. The first-order valence-electron chi connectivity index (χ1n) is 4.17. The minimum Gasteiger partial charge on any atom is -0.370 e. The zero-order chi connectivity index (χ0) is 11.0. The summed E-state index contributed by atoms with van der Waals surface area (Å²) < 4.78 is 13.4. The third kappa shape index (κ3) is 1.66. The molecule has 0 fully saturated rings. The van der Waals surface area contributed by atoms with E-state index in [1.165, 1.54) is 18.2 Å². The largest absolute Gasteiger partial charge is 0.370 e.